The first-order chi connectivity index (χ1) is 12.3. The summed E-state index contributed by atoms with van der Waals surface area (Å²) in [5, 5.41) is 2.98. The van der Waals surface area contributed by atoms with Crippen LogP contribution >= 0.6 is 11.8 Å². The highest BCUT2D eigenvalue weighted by atomic mass is 32.2. The molecule has 1 heterocycles. The molecule has 0 bridgehead atoms. The van der Waals surface area contributed by atoms with Crippen molar-refractivity contribution < 1.29 is 28.3 Å². The second-order valence-corrected chi connectivity index (χ2v) is 6.13. The topological polar surface area (TPSA) is 108 Å². The second kappa shape index (κ2) is 8.52. The molecule has 1 N–H and O–H groups in total. The summed E-state index contributed by atoms with van der Waals surface area (Å²) >= 11 is 1.12. The molecule has 0 radical (unpaired) electrons. The Labute approximate surface area is 154 Å². The van der Waals surface area contributed by atoms with E-state index < -0.39 is 17.8 Å². The van der Waals surface area contributed by atoms with E-state index in [1.807, 2.05) is 6.92 Å². The third-order valence-corrected chi connectivity index (χ3v) is 4.28. The minimum Gasteiger partial charge on any atom is -0.465 e. The molecule has 2 rings (SSSR count). The summed E-state index contributed by atoms with van der Waals surface area (Å²) in [5.41, 5.74) is 1.24. The van der Waals surface area contributed by atoms with Gasteiger partial charge in [-0.05, 0) is 32.0 Å². The normalized spacial score (nSPS) is 10.3. The van der Waals surface area contributed by atoms with Gasteiger partial charge in [-0.15, -0.1) is 0 Å². The number of thioether (sulfide) groups is 1. The number of benzene rings is 1. The zero-order chi connectivity index (χ0) is 19.3. The number of rotatable bonds is 6. The predicted octanol–water partition coefficient (Wildman–Crippen LogP) is 2.60. The summed E-state index contributed by atoms with van der Waals surface area (Å²) in [4.78, 5) is 39.9. The molecule has 2 aromatic rings. The number of methoxy groups -OCH3 is 2. The lowest BCUT2D eigenvalue weighted by Gasteiger charge is -2.11. The molecule has 1 aromatic carbocycles. The van der Waals surface area contributed by atoms with Gasteiger partial charge in [0.05, 0.1) is 42.5 Å². The van der Waals surface area contributed by atoms with E-state index in [0.29, 0.717) is 11.0 Å². The maximum absolute atomic E-state index is 12.2. The first kappa shape index (κ1) is 19.5. The third-order valence-electron chi connectivity index (χ3n) is 3.46. The average molecular weight is 378 g/mol. The van der Waals surface area contributed by atoms with E-state index in [1.54, 1.807) is 6.92 Å². The monoisotopic (exact) mass is 378 g/mol. The Kier molecular flexibility index (Phi) is 6.40. The van der Waals surface area contributed by atoms with E-state index in [0.717, 1.165) is 17.5 Å². The first-order valence-electron chi connectivity index (χ1n) is 7.53. The van der Waals surface area contributed by atoms with Crippen molar-refractivity contribution in [3.63, 3.8) is 0 Å². The van der Waals surface area contributed by atoms with E-state index in [2.05, 4.69) is 15.0 Å². The van der Waals surface area contributed by atoms with Gasteiger partial charge in [-0.2, -0.15) is 0 Å². The molecule has 26 heavy (non-hydrogen) atoms. The van der Waals surface area contributed by atoms with Crippen LogP contribution in [0.15, 0.2) is 27.8 Å². The molecule has 138 valence electrons. The number of carbonyl (C=O) groups excluding carboxylic acids is 3. The zero-order valence-electron chi connectivity index (χ0n) is 14.7. The number of nitrogens with zero attached hydrogens (tertiary/aromatic N) is 1. The van der Waals surface area contributed by atoms with Crippen molar-refractivity contribution in [2.75, 3.05) is 25.3 Å². The van der Waals surface area contributed by atoms with Gasteiger partial charge in [-0.3, -0.25) is 4.79 Å². The second-order valence-electron chi connectivity index (χ2n) is 5.20. The van der Waals surface area contributed by atoms with Crippen molar-refractivity contribution >= 4 is 35.3 Å². The molecule has 8 nitrogen and oxygen atoms in total. The van der Waals surface area contributed by atoms with Crippen LogP contribution in [0.3, 0.4) is 0 Å². The molecule has 0 aliphatic carbocycles. The van der Waals surface area contributed by atoms with Gasteiger partial charge in [-0.1, -0.05) is 11.8 Å². The van der Waals surface area contributed by atoms with Crippen LogP contribution in [-0.2, 0) is 14.3 Å². The highest BCUT2D eigenvalue weighted by molar-refractivity contribution is 7.99. The number of aryl methyl sites for hydroxylation is 2. The molecule has 0 saturated carbocycles. The molecule has 0 aliphatic heterocycles. The number of hydrogen-bond donors (Lipinski definition) is 1. The summed E-state index contributed by atoms with van der Waals surface area (Å²) in [5.74, 6) is -0.912. The summed E-state index contributed by atoms with van der Waals surface area (Å²) < 4.78 is 14.7. The Hall–Kier alpha value is -2.81. The Morgan fingerprint density at radius 3 is 2.42 bits per heavy atom. The first-order valence-corrected chi connectivity index (χ1v) is 8.51. The average Bonchev–Trinajstić information content (AvgIpc) is 2.96. The highest BCUT2D eigenvalue weighted by Crippen LogP contribution is 2.22. The molecule has 1 aromatic heterocycles. The van der Waals surface area contributed by atoms with Gasteiger partial charge in [-0.25, -0.2) is 14.6 Å². The van der Waals surface area contributed by atoms with Crippen LogP contribution in [0.25, 0.3) is 0 Å². The van der Waals surface area contributed by atoms with Crippen molar-refractivity contribution in [1.29, 1.82) is 0 Å². The van der Waals surface area contributed by atoms with E-state index in [9.17, 15) is 14.4 Å². The zero-order valence-corrected chi connectivity index (χ0v) is 15.6. The van der Waals surface area contributed by atoms with Gasteiger partial charge in [0.25, 0.3) is 5.22 Å². The van der Waals surface area contributed by atoms with Crippen molar-refractivity contribution in [3.05, 3.63) is 40.8 Å². The Morgan fingerprint density at radius 1 is 1.15 bits per heavy atom. The number of nitrogens with one attached hydrogen (secondary N) is 1. The number of hydrogen-bond acceptors (Lipinski definition) is 8. The van der Waals surface area contributed by atoms with Crippen LogP contribution in [-0.4, -0.2) is 42.8 Å². The Morgan fingerprint density at radius 2 is 1.85 bits per heavy atom. The fourth-order valence-corrected chi connectivity index (χ4v) is 2.71. The fourth-order valence-electron chi connectivity index (χ4n) is 2.00. The van der Waals surface area contributed by atoms with E-state index in [4.69, 9.17) is 9.15 Å². The molecule has 9 heteroatoms. The summed E-state index contributed by atoms with van der Waals surface area (Å²) in [6.07, 6.45) is 0. The van der Waals surface area contributed by atoms with Crippen LogP contribution in [0.1, 0.15) is 32.2 Å². The molecule has 0 unspecified atom stereocenters. The maximum Gasteiger partial charge on any atom is 0.339 e. The minimum absolute atomic E-state index is 0.0163. The number of carbonyl (C=O) groups is 3. The number of oxazole rings is 1. The number of anilines is 1. The lowest BCUT2D eigenvalue weighted by Crippen LogP contribution is -2.18. The Balaban J connectivity index is 2.15. The number of aromatic nitrogens is 1. The van der Waals surface area contributed by atoms with Gasteiger partial charge in [0, 0.05) is 0 Å². The van der Waals surface area contributed by atoms with Crippen LogP contribution in [0.4, 0.5) is 5.69 Å². The molecule has 0 spiro atoms. The van der Waals surface area contributed by atoms with Gasteiger partial charge >= 0.3 is 11.9 Å². The maximum atomic E-state index is 12.2. The van der Waals surface area contributed by atoms with Crippen molar-refractivity contribution in [3.8, 4) is 0 Å². The lowest BCUT2D eigenvalue weighted by atomic mass is 10.1. The number of amides is 1. The number of ether oxygens (including phenoxy) is 2. The largest absolute Gasteiger partial charge is 0.465 e. The number of esters is 2. The van der Waals surface area contributed by atoms with Crippen LogP contribution in [0.5, 0.6) is 0 Å². The molecular weight excluding hydrogens is 360 g/mol. The third kappa shape index (κ3) is 4.63. The van der Waals surface area contributed by atoms with Gasteiger partial charge in [0.15, 0.2) is 0 Å². The van der Waals surface area contributed by atoms with Crippen molar-refractivity contribution in [2.24, 2.45) is 0 Å². The molecule has 0 saturated heterocycles. The van der Waals surface area contributed by atoms with Gasteiger partial charge < -0.3 is 19.2 Å². The predicted molar refractivity (Wildman–Crippen MR) is 94.5 cm³/mol. The van der Waals surface area contributed by atoms with Gasteiger partial charge in [0.2, 0.25) is 5.91 Å². The molecule has 0 atom stereocenters. The Bertz CT molecular complexity index is 826. The standard InChI is InChI=1S/C17H18N2O6S/c1-9-10(2)25-17(18-9)26-8-14(20)19-13-7-11(15(21)23-3)5-6-12(13)16(22)24-4/h5-7H,8H2,1-4H3,(H,19,20). The summed E-state index contributed by atoms with van der Waals surface area (Å²) in [6.45, 7) is 3.59. The molecule has 0 fully saturated rings. The van der Waals surface area contributed by atoms with Gasteiger partial charge in [0.1, 0.15) is 5.76 Å². The SMILES string of the molecule is COC(=O)c1ccc(C(=O)OC)c(NC(=O)CSc2nc(C)c(C)o2)c1. The van der Waals surface area contributed by atoms with E-state index >= 15 is 0 Å². The van der Waals surface area contributed by atoms with Crippen LogP contribution in [0, 0.1) is 13.8 Å². The fraction of sp³-hybridized carbons (Fsp3) is 0.294. The van der Waals surface area contributed by atoms with Crippen LogP contribution in [0.2, 0.25) is 0 Å². The summed E-state index contributed by atoms with van der Waals surface area (Å²) in [7, 11) is 2.47. The quantitative estimate of drug-likeness (QED) is 0.604. The molecular formula is C17H18N2O6S. The van der Waals surface area contributed by atoms with Crippen molar-refractivity contribution in [1.82, 2.24) is 4.98 Å². The molecule has 1 amide bonds. The summed E-state index contributed by atoms with van der Waals surface area (Å²) in [6, 6.07) is 4.17. The minimum atomic E-state index is -0.636. The van der Waals surface area contributed by atoms with E-state index in [-0.39, 0.29) is 22.6 Å². The lowest BCUT2D eigenvalue weighted by molar-refractivity contribution is -0.113. The smallest absolute Gasteiger partial charge is 0.339 e. The van der Waals surface area contributed by atoms with Crippen LogP contribution < -0.4 is 5.32 Å². The van der Waals surface area contributed by atoms with E-state index in [1.165, 1.54) is 32.4 Å². The van der Waals surface area contributed by atoms with Crippen molar-refractivity contribution in [2.45, 2.75) is 19.1 Å². The highest BCUT2D eigenvalue weighted by Gasteiger charge is 2.18. The molecule has 0 aliphatic rings.